The number of hydrogen-bond acceptors (Lipinski definition) is 7. The number of nitrogens with zero attached hydrogens (tertiary/aromatic N) is 1. The van der Waals surface area contributed by atoms with Crippen molar-refractivity contribution in [2.75, 3.05) is 47.5 Å². The lowest BCUT2D eigenvalue weighted by Crippen LogP contribution is -2.40. The van der Waals surface area contributed by atoms with Gasteiger partial charge in [-0.1, -0.05) is 217 Å². The molecule has 2 unspecified atom stereocenters. The van der Waals surface area contributed by atoms with Crippen LogP contribution in [-0.2, 0) is 33.3 Å². The molecule has 0 radical (unpaired) electrons. The van der Waals surface area contributed by atoms with Gasteiger partial charge in [0.05, 0.1) is 34.4 Å². The second-order valence-corrected chi connectivity index (χ2v) is 19.5. The lowest BCUT2D eigenvalue weighted by molar-refractivity contribution is -0.870. The third kappa shape index (κ3) is 54.9. The summed E-state index contributed by atoms with van der Waals surface area (Å²) in [5.74, 6) is -2.06. The summed E-state index contributed by atoms with van der Waals surface area (Å²) in [7, 11) is 5.93. The van der Waals surface area contributed by atoms with Crippen LogP contribution in [0.1, 0.15) is 187 Å². The molecule has 0 amide bonds. The van der Waals surface area contributed by atoms with Crippen molar-refractivity contribution in [2.24, 2.45) is 0 Å². The third-order valence-electron chi connectivity index (χ3n) is 11.4. The van der Waals surface area contributed by atoms with E-state index >= 15 is 0 Å². The minimum absolute atomic E-state index is 0.176. The second kappa shape index (κ2) is 54.4. The van der Waals surface area contributed by atoms with Gasteiger partial charge in [0.15, 0.2) is 6.10 Å². The molecular weight excluding hydrogens is 923 g/mol. The number of likely N-dealkylation sites (N-methyl/N-ethyl adjacent to an activating group) is 1. The van der Waals surface area contributed by atoms with Crippen LogP contribution in [0, 0.1) is 0 Å². The first-order valence-electron chi connectivity index (χ1n) is 28.5. The molecule has 0 spiro atoms. The molecule has 9 nitrogen and oxygen atoms in total. The van der Waals surface area contributed by atoms with Crippen molar-refractivity contribution in [3.05, 3.63) is 146 Å². The van der Waals surface area contributed by atoms with Gasteiger partial charge in [-0.3, -0.25) is 9.59 Å². The standard InChI is InChI=1S/C65H103NO8/c1-6-8-10-12-14-16-17-18-19-20-21-22-23-24-25-26-27-28-29-30-31-32-33-34-35-36-37-38-39-40-41-42-43-44-45-46-47-48-50-52-54-56-63(68)74-61(60-73-65(64(69)70)71-58-57-66(3,4)5)59-72-62(67)55-53-51-49-15-13-11-9-7-2/h8,10,14,16,18-19,21-22,24-25,27-28,30-31,33-34,36-37,39-40,42-43,45-46,61,65H,6-7,9,11-13,15,17,20,23,26,29,32,35,38,41,44,47-60H2,1-5H3/p+1/b10-8-,16-14-,19-18-,22-21-,25-24-,28-27-,31-30-,34-33-,37-36-,40-39-,43-42-,46-45-. The van der Waals surface area contributed by atoms with E-state index in [9.17, 15) is 19.5 Å². The number of esters is 2. The van der Waals surface area contributed by atoms with E-state index in [1.54, 1.807) is 0 Å². The lowest BCUT2D eigenvalue weighted by atomic mass is 10.1. The summed E-state index contributed by atoms with van der Waals surface area (Å²) in [5.41, 5.74) is 0. The van der Waals surface area contributed by atoms with Gasteiger partial charge in [0.1, 0.15) is 13.2 Å². The maximum absolute atomic E-state index is 12.8. The van der Waals surface area contributed by atoms with Crippen molar-refractivity contribution in [3.63, 3.8) is 0 Å². The summed E-state index contributed by atoms with van der Waals surface area (Å²) in [6, 6.07) is 0. The summed E-state index contributed by atoms with van der Waals surface area (Å²) in [4.78, 5) is 37.1. The number of carboxylic acid groups (broad SMARTS) is 1. The molecule has 74 heavy (non-hydrogen) atoms. The zero-order chi connectivity index (χ0) is 54.1. The molecule has 2 atom stereocenters. The summed E-state index contributed by atoms with van der Waals surface area (Å²) in [6.45, 7) is 4.66. The van der Waals surface area contributed by atoms with E-state index < -0.39 is 24.3 Å². The van der Waals surface area contributed by atoms with Gasteiger partial charge >= 0.3 is 17.9 Å². The molecule has 0 fully saturated rings. The van der Waals surface area contributed by atoms with Crippen LogP contribution in [0.15, 0.2) is 146 Å². The first-order valence-corrected chi connectivity index (χ1v) is 28.5. The number of unbranched alkanes of at least 4 members (excludes halogenated alkanes) is 11. The van der Waals surface area contributed by atoms with E-state index in [0.717, 1.165) is 122 Å². The average molecular weight is 1030 g/mol. The van der Waals surface area contributed by atoms with E-state index in [2.05, 4.69) is 160 Å². The monoisotopic (exact) mass is 1030 g/mol. The number of carbonyl (C=O) groups is 3. The zero-order valence-electron chi connectivity index (χ0n) is 47.2. The Balaban J connectivity index is 4.17. The number of carbonyl (C=O) groups excluding carboxylic acids is 2. The summed E-state index contributed by atoms with van der Waals surface area (Å²) in [6.07, 6.45) is 76.7. The maximum Gasteiger partial charge on any atom is 0.361 e. The highest BCUT2D eigenvalue weighted by Gasteiger charge is 2.25. The summed E-state index contributed by atoms with van der Waals surface area (Å²) < 4.78 is 22.7. The summed E-state index contributed by atoms with van der Waals surface area (Å²) >= 11 is 0. The number of ether oxygens (including phenoxy) is 4. The number of allylic oxidation sites excluding steroid dienone is 24. The van der Waals surface area contributed by atoms with Crippen LogP contribution in [0.5, 0.6) is 0 Å². The average Bonchev–Trinajstić information content (AvgIpc) is 3.37. The van der Waals surface area contributed by atoms with Crippen LogP contribution in [0.2, 0.25) is 0 Å². The van der Waals surface area contributed by atoms with Crippen LogP contribution in [-0.4, -0.2) is 87.4 Å². The normalized spacial score (nSPS) is 13.9. The third-order valence-corrected chi connectivity index (χ3v) is 11.4. The van der Waals surface area contributed by atoms with Crippen molar-refractivity contribution < 1.29 is 42.9 Å². The van der Waals surface area contributed by atoms with Crippen molar-refractivity contribution >= 4 is 17.9 Å². The molecule has 0 aliphatic heterocycles. The zero-order valence-corrected chi connectivity index (χ0v) is 47.2. The minimum Gasteiger partial charge on any atom is -0.477 e. The number of carboxylic acids is 1. The van der Waals surface area contributed by atoms with Gasteiger partial charge in [0.2, 0.25) is 0 Å². The van der Waals surface area contributed by atoms with E-state index in [1.165, 1.54) is 32.1 Å². The number of rotatable bonds is 50. The largest absolute Gasteiger partial charge is 0.477 e. The van der Waals surface area contributed by atoms with Crippen molar-refractivity contribution in [3.8, 4) is 0 Å². The Morgan fingerprint density at radius 2 is 0.770 bits per heavy atom. The molecule has 0 aliphatic rings. The van der Waals surface area contributed by atoms with Crippen LogP contribution >= 0.6 is 0 Å². The van der Waals surface area contributed by atoms with Gasteiger partial charge in [-0.25, -0.2) is 4.79 Å². The minimum atomic E-state index is -1.52. The maximum atomic E-state index is 12.8. The highest BCUT2D eigenvalue weighted by molar-refractivity contribution is 5.71. The molecule has 0 heterocycles. The first-order chi connectivity index (χ1) is 36.1. The Labute approximate surface area is 452 Å². The van der Waals surface area contributed by atoms with Crippen molar-refractivity contribution in [2.45, 2.75) is 200 Å². The van der Waals surface area contributed by atoms with Crippen molar-refractivity contribution in [1.29, 1.82) is 0 Å². The predicted octanol–water partition coefficient (Wildman–Crippen LogP) is 16.8. The van der Waals surface area contributed by atoms with E-state index in [0.29, 0.717) is 17.4 Å². The van der Waals surface area contributed by atoms with Gasteiger partial charge in [-0.2, -0.15) is 0 Å². The Bertz CT molecular complexity index is 1720. The Hall–Kier alpha value is -4.83. The molecule has 416 valence electrons. The molecule has 9 heteroatoms. The lowest BCUT2D eigenvalue weighted by Gasteiger charge is -2.25. The molecular formula is C65H104NO8+. The summed E-state index contributed by atoms with van der Waals surface area (Å²) in [5, 5.41) is 9.64. The fourth-order valence-electron chi connectivity index (χ4n) is 6.99. The molecule has 0 aliphatic carbocycles. The number of aliphatic carboxylic acids is 1. The topological polar surface area (TPSA) is 108 Å². The fraction of sp³-hybridized carbons (Fsp3) is 0.585. The molecule has 0 saturated heterocycles. The number of quaternary nitrogens is 1. The molecule has 0 aromatic rings. The van der Waals surface area contributed by atoms with Crippen LogP contribution in [0.25, 0.3) is 0 Å². The fourth-order valence-corrected chi connectivity index (χ4v) is 6.99. The van der Waals surface area contributed by atoms with Gasteiger partial charge in [0.25, 0.3) is 6.29 Å². The van der Waals surface area contributed by atoms with E-state index in [4.69, 9.17) is 18.9 Å². The molecule has 0 aromatic heterocycles. The molecule has 0 aromatic carbocycles. The smallest absolute Gasteiger partial charge is 0.361 e. The highest BCUT2D eigenvalue weighted by atomic mass is 16.7. The molecule has 0 bridgehead atoms. The number of hydrogen-bond donors (Lipinski definition) is 1. The Kier molecular flexibility index (Phi) is 50.9. The van der Waals surface area contributed by atoms with Crippen LogP contribution < -0.4 is 0 Å². The Morgan fingerprint density at radius 1 is 0.419 bits per heavy atom. The predicted molar refractivity (Wildman–Crippen MR) is 313 cm³/mol. The van der Waals surface area contributed by atoms with Gasteiger partial charge in [-0.05, 0) is 103 Å². The van der Waals surface area contributed by atoms with Gasteiger partial charge in [0, 0.05) is 12.8 Å². The molecule has 0 rings (SSSR count). The highest BCUT2D eigenvalue weighted by Crippen LogP contribution is 2.13. The molecule has 1 N–H and O–H groups in total. The second-order valence-electron chi connectivity index (χ2n) is 19.5. The molecule has 0 saturated carbocycles. The van der Waals surface area contributed by atoms with Gasteiger partial charge in [-0.15, -0.1) is 0 Å². The van der Waals surface area contributed by atoms with Crippen LogP contribution in [0.3, 0.4) is 0 Å². The van der Waals surface area contributed by atoms with Crippen LogP contribution in [0.4, 0.5) is 0 Å². The Morgan fingerprint density at radius 3 is 1.15 bits per heavy atom. The van der Waals surface area contributed by atoms with E-state index in [1.807, 2.05) is 21.1 Å². The van der Waals surface area contributed by atoms with Gasteiger partial charge < -0.3 is 28.5 Å². The van der Waals surface area contributed by atoms with E-state index in [-0.39, 0.29) is 38.6 Å². The quantitative estimate of drug-likeness (QED) is 0.0211. The first kappa shape index (κ1) is 69.2. The van der Waals surface area contributed by atoms with Crippen molar-refractivity contribution in [1.82, 2.24) is 0 Å². The SMILES string of the molecule is CC/C=C\C/C=C\C/C=C\C/C=C\C/C=C\C/C=C\C/C=C\C/C=C\C/C=C\C/C=C\C/C=C\C/C=C\CCCCCCC(=O)OC(COC(=O)CCCCCCCCCC)COC(OCC[N+](C)(C)C)C(=O)O.